The van der Waals surface area contributed by atoms with Gasteiger partial charge in [0, 0.05) is 31.9 Å². The van der Waals surface area contributed by atoms with Crippen LogP contribution >= 0.6 is 0 Å². The van der Waals surface area contributed by atoms with E-state index in [0.29, 0.717) is 37.3 Å². The van der Waals surface area contributed by atoms with E-state index in [1.165, 1.54) is 9.91 Å². The summed E-state index contributed by atoms with van der Waals surface area (Å²) in [6, 6.07) is 3.54. The number of nitrogens with one attached hydrogen (secondary N) is 1. The van der Waals surface area contributed by atoms with Crippen LogP contribution < -0.4 is 5.43 Å². The molecule has 0 spiro atoms. The summed E-state index contributed by atoms with van der Waals surface area (Å²) in [6.07, 6.45) is 5.16. The summed E-state index contributed by atoms with van der Waals surface area (Å²) in [5, 5.41) is 1.80. The van der Waals surface area contributed by atoms with Gasteiger partial charge in [-0.25, -0.2) is 4.79 Å². The van der Waals surface area contributed by atoms with Crippen LogP contribution in [0.4, 0.5) is 4.79 Å². The molecule has 1 aromatic heterocycles. The van der Waals surface area contributed by atoms with Crippen molar-refractivity contribution in [1.29, 1.82) is 0 Å². The minimum atomic E-state index is -4.82. The van der Waals surface area contributed by atoms with Crippen LogP contribution in [0, 0.1) is 0 Å². The molecule has 158 valence electrons. The van der Waals surface area contributed by atoms with Crippen molar-refractivity contribution < 1.29 is 31.6 Å². The van der Waals surface area contributed by atoms with Crippen LogP contribution in [0.3, 0.4) is 0 Å². The lowest BCUT2D eigenvalue weighted by atomic mass is 10.0. The van der Waals surface area contributed by atoms with Crippen molar-refractivity contribution in [1.82, 2.24) is 25.4 Å². The molecular weight excluding hydrogens is 406 g/mol. The van der Waals surface area contributed by atoms with E-state index >= 15 is 0 Å². The van der Waals surface area contributed by atoms with Crippen molar-refractivity contribution in [3.8, 4) is 0 Å². The summed E-state index contributed by atoms with van der Waals surface area (Å²) in [4.78, 5) is 41.0. The molecule has 2 N–H and O–H groups in total. The molecule has 1 aromatic rings. The van der Waals surface area contributed by atoms with Gasteiger partial charge in [-0.05, 0) is 31.4 Å². The Morgan fingerprint density at radius 2 is 1.93 bits per heavy atom. The number of hydrogen-bond donors (Lipinski definition) is 2. The predicted octanol–water partition coefficient (Wildman–Crippen LogP) is -0.275. The second kappa shape index (κ2) is 8.71. The van der Waals surface area contributed by atoms with E-state index in [1.54, 1.807) is 12.4 Å². The van der Waals surface area contributed by atoms with Crippen LogP contribution in [-0.4, -0.2) is 75.9 Å². The van der Waals surface area contributed by atoms with Gasteiger partial charge in [0.25, 0.3) is 5.91 Å². The van der Waals surface area contributed by atoms with Gasteiger partial charge in [-0.15, -0.1) is 4.28 Å². The summed E-state index contributed by atoms with van der Waals surface area (Å²) in [6.45, 7) is 0.534. The molecule has 0 saturated carbocycles. The van der Waals surface area contributed by atoms with Crippen molar-refractivity contribution in [2.24, 2.45) is 0 Å². The van der Waals surface area contributed by atoms with Crippen LogP contribution in [0.25, 0.3) is 0 Å². The van der Waals surface area contributed by atoms with Gasteiger partial charge < -0.3 is 4.90 Å². The SMILES string of the molecule is O=C(NN1CCCC1=O)[C@@H]1CC[C@@H]2CN1C(=O)N2OS(=O)(=O)O.c1ccncc1. The third kappa shape index (κ3) is 5.19. The van der Waals surface area contributed by atoms with Crippen molar-refractivity contribution in [3.05, 3.63) is 30.6 Å². The van der Waals surface area contributed by atoms with Gasteiger partial charge >= 0.3 is 16.4 Å². The highest BCUT2D eigenvalue weighted by Gasteiger charge is 2.49. The van der Waals surface area contributed by atoms with Crippen LogP contribution in [-0.2, 0) is 24.3 Å². The number of urea groups is 1. The van der Waals surface area contributed by atoms with E-state index in [9.17, 15) is 22.8 Å². The second-order valence-corrected chi connectivity index (χ2v) is 7.66. The number of hydrogen-bond acceptors (Lipinski definition) is 7. The van der Waals surface area contributed by atoms with Gasteiger partial charge in [-0.2, -0.15) is 13.5 Å². The Labute approximate surface area is 167 Å². The van der Waals surface area contributed by atoms with Gasteiger partial charge in [-0.3, -0.25) is 29.6 Å². The Hall–Kier alpha value is -2.77. The number of fused-ring (bicyclic) bond motifs is 2. The van der Waals surface area contributed by atoms with E-state index in [-0.39, 0.29) is 12.5 Å². The van der Waals surface area contributed by atoms with Gasteiger partial charge in [0.05, 0.1) is 6.04 Å². The number of nitrogens with zero attached hydrogens (tertiary/aromatic N) is 4. The number of carbonyl (C=O) groups excluding carboxylic acids is 3. The molecule has 3 fully saturated rings. The fraction of sp³-hybridized carbons (Fsp3) is 0.500. The van der Waals surface area contributed by atoms with Crippen molar-refractivity contribution in [3.63, 3.8) is 0 Å². The topological polar surface area (TPSA) is 149 Å². The predicted molar refractivity (Wildman–Crippen MR) is 96.7 cm³/mol. The van der Waals surface area contributed by atoms with Crippen LogP contribution in [0.15, 0.2) is 30.6 Å². The second-order valence-electron chi connectivity index (χ2n) is 6.66. The van der Waals surface area contributed by atoms with E-state index in [0.717, 1.165) is 0 Å². The molecule has 0 aromatic carbocycles. The Kier molecular flexibility index (Phi) is 6.30. The zero-order valence-electron chi connectivity index (χ0n) is 15.4. The first-order valence-corrected chi connectivity index (χ1v) is 10.4. The maximum atomic E-state index is 12.3. The fourth-order valence-electron chi connectivity index (χ4n) is 3.39. The van der Waals surface area contributed by atoms with Gasteiger partial charge in [0.15, 0.2) is 0 Å². The highest BCUT2D eigenvalue weighted by molar-refractivity contribution is 7.80. The van der Waals surface area contributed by atoms with Crippen molar-refractivity contribution in [2.45, 2.75) is 37.8 Å². The summed E-state index contributed by atoms with van der Waals surface area (Å²) < 4.78 is 34.6. The quantitative estimate of drug-likeness (QED) is 0.623. The molecular formula is C16H21N5O7S. The number of piperidine rings is 1. The summed E-state index contributed by atoms with van der Waals surface area (Å²) in [5.41, 5.74) is 2.49. The Bertz CT molecular complexity index is 839. The highest BCUT2D eigenvalue weighted by atomic mass is 32.3. The molecule has 4 rings (SSSR count). The molecule has 0 radical (unpaired) electrons. The highest BCUT2D eigenvalue weighted by Crippen LogP contribution is 2.30. The molecule has 2 atom stereocenters. The minimum absolute atomic E-state index is 0.111. The first-order chi connectivity index (χ1) is 13.8. The number of hydrazine groups is 1. The summed E-state index contributed by atoms with van der Waals surface area (Å²) in [5.74, 6) is -0.683. The van der Waals surface area contributed by atoms with Crippen LogP contribution in [0.2, 0.25) is 0 Å². The molecule has 4 heterocycles. The van der Waals surface area contributed by atoms with Gasteiger partial charge in [0.2, 0.25) is 5.91 Å². The molecule has 4 amide bonds. The Balaban J connectivity index is 0.000000343. The van der Waals surface area contributed by atoms with Gasteiger partial charge in [0.1, 0.15) is 6.04 Å². The molecule has 0 aliphatic carbocycles. The van der Waals surface area contributed by atoms with Crippen LogP contribution in [0.5, 0.6) is 0 Å². The zero-order chi connectivity index (χ0) is 21.0. The average Bonchev–Trinajstić information content (AvgIpc) is 3.19. The van der Waals surface area contributed by atoms with E-state index < -0.39 is 34.4 Å². The molecule has 13 heteroatoms. The molecule has 3 saturated heterocycles. The van der Waals surface area contributed by atoms with Crippen LogP contribution in [0.1, 0.15) is 25.7 Å². The lowest BCUT2D eigenvalue weighted by Crippen LogP contribution is -2.54. The third-order valence-corrected chi connectivity index (χ3v) is 5.03. The molecule has 2 bridgehead atoms. The maximum absolute atomic E-state index is 12.3. The zero-order valence-corrected chi connectivity index (χ0v) is 16.2. The number of carbonyl (C=O) groups is 3. The monoisotopic (exact) mass is 427 g/mol. The van der Waals surface area contributed by atoms with Crippen molar-refractivity contribution >= 4 is 28.2 Å². The first kappa shape index (κ1) is 21.0. The Morgan fingerprint density at radius 1 is 1.21 bits per heavy atom. The summed E-state index contributed by atoms with van der Waals surface area (Å²) >= 11 is 0. The number of rotatable bonds is 4. The van der Waals surface area contributed by atoms with Crippen molar-refractivity contribution in [2.75, 3.05) is 13.1 Å². The molecule has 12 nitrogen and oxygen atoms in total. The molecule has 0 unspecified atom stereocenters. The van der Waals surface area contributed by atoms with Gasteiger partial charge in [-0.1, -0.05) is 6.07 Å². The number of amides is 4. The number of pyridine rings is 1. The maximum Gasteiger partial charge on any atom is 0.418 e. The van der Waals surface area contributed by atoms with E-state index in [1.807, 2.05) is 18.2 Å². The largest absolute Gasteiger partial charge is 0.418 e. The molecule has 3 aliphatic heterocycles. The van der Waals surface area contributed by atoms with E-state index in [2.05, 4.69) is 14.7 Å². The Morgan fingerprint density at radius 3 is 2.45 bits per heavy atom. The molecule has 3 aliphatic rings. The lowest BCUT2D eigenvalue weighted by molar-refractivity contribution is -0.140. The number of hydroxylamine groups is 2. The normalized spacial score (nSPS) is 23.7. The average molecular weight is 427 g/mol. The lowest BCUT2D eigenvalue weighted by Gasteiger charge is -2.30. The van der Waals surface area contributed by atoms with E-state index in [4.69, 9.17) is 4.55 Å². The minimum Gasteiger partial charge on any atom is -0.309 e. The fourth-order valence-corrected chi connectivity index (χ4v) is 3.78. The number of aromatic nitrogens is 1. The third-order valence-electron chi connectivity index (χ3n) is 4.69. The smallest absolute Gasteiger partial charge is 0.309 e. The summed E-state index contributed by atoms with van der Waals surface area (Å²) in [7, 11) is -4.82. The molecule has 29 heavy (non-hydrogen) atoms. The first-order valence-electron chi connectivity index (χ1n) is 8.99. The standard InChI is InChI=1S/C11H16N4O7S.C5H5N/c16-9-2-1-5-14(9)12-10(17)8-4-3-7-6-13(8)11(18)15(7)22-23(19,20)21;1-2-4-6-5-3-1/h7-8H,1-6H2,(H,12,17)(H,19,20,21);1-5H/t7-,8+;/m1./s1.